The summed E-state index contributed by atoms with van der Waals surface area (Å²) in [6.07, 6.45) is 4.96. The highest BCUT2D eigenvalue weighted by Crippen LogP contribution is 2.26. The van der Waals surface area contributed by atoms with Gasteiger partial charge in [0.25, 0.3) is 0 Å². The normalized spacial score (nSPS) is 28.3. The zero-order chi connectivity index (χ0) is 10.8. The van der Waals surface area contributed by atoms with Crippen LogP contribution in [0.3, 0.4) is 0 Å². The number of amides is 2. The molecule has 0 aromatic heterocycles. The number of nitrogens with zero attached hydrogens (tertiary/aromatic N) is 1. The minimum Gasteiger partial charge on any atom is -0.345 e. The number of carbonyl (C=O) groups is 2. The lowest BCUT2D eigenvalue weighted by Crippen LogP contribution is -2.58. The van der Waals surface area contributed by atoms with Gasteiger partial charge in [0.05, 0.1) is 6.54 Å². The third-order valence-corrected chi connectivity index (χ3v) is 3.51. The first-order valence-corrected chi connectivity index (χ1v) is 5.75. The number of carbonyl (C=O) groups excluding carboxylic acids is 2. The Hall–Kier alpha value is -1.06. The van der Waals surface area contributed by atoms with Crippen molar-refractivity contribution in [2.24, 2.45) is 5.92 Å². The average Bonchev–Trinajstić information content (AvgIpc) is 2.71. The minimum absolute atomic E-state index is 0.0207. The first kappa shape index (κ1) is 10.5. The van der Waals surface area contributed by atoms with Crippen LogP contribution in [0.15, 0.2) is 0 Å². The second-order valence-electron chi connectivity index (χ2n) is 4.59. The lowest BCUT2D eigenvalue weighted by Gasteiger charge is -2.34. The number of hydrogen-bond donors (Lipinski definition) is 1. The van der Waals surface area contributed by atoms with Crippen molar-refractivity contribution in [1.82, 2.24) is 10.2 Å². The quantitative estimate of drug-likeness (QED) is 0.722. The van der Waals surface area contributed by atoms with Crippen molar-refractivity contribution in [3.05, 3.63) is 0 Å². The first-order chi connectivity index (χ1) is 7.18. The van der Waals surface area contributed by atoms with Crippen LogP contribution < -0.4 is 5.32 Å². The van der Waals surface area contributed by atoms with Gasteiger partial charge in [-0.25, -0.2) is 0 Å². The maximum Gasteiger partial charge on any atom is 0.242 e. The molecule has 0 bridgehead atoms. The number of piperazine rings is 1. The fourth-order valence-electron chi connectivity index (χ4n) is 2.50. The van der Waals surface area contributed by atoms with E-state index >= 15 is 0 Å². The van der Waals surface area contributed by atoms with Gasteiger partial charge in [0, 0.05) is 6.54 Å². The van der Waals surface area contributed by atoms with E-state index in [4.69, 9.17) is 0 Å². The summed E-state index contributed by atoms with van der Waals surface area (Å²) in [5.41, 5.74) is 0. The van der Waals surface area contributed by atoms with E-state index in [0.29, 0.717) is 5.92 Å². The molecular formula is C11H18N2O2. The molecule has 2 fully saturated rings. The van der Waals surface area contributed by atoms with E-state index in [2.05, 4.69) is 5.32 Å². The zero-order valence-electron chi connectivity index (χ0n) is 9.16. The Kier molecular flexibility index (Phi) is 2.93. The molecule has 1 N–H and O–H groups in total. The molecule has 1 aliphatic carbocycles. The third kappa shape index (κ3) is 2.13. The summed E-state index contributed by atoms with van der Waals surface area (Å²) in [6, 6.07) is -0.285. The fraction of sp³-hybridized carbons (Fsp3) is 0.818. The number of nitrogens with one attached hydrogen (secondary N) is 1. The van der Waals surface area contributed by atoms with E-state index in [1.807, 2.05) is 0 Å². The van der Waals surface area contributed by atoms with Gasteiger partial charge in [0.15, 0.2) is 0 Å². The van der Waals surface area contributed by atoms with Crippen LogP contribution in [0.25, 0.3) is 0 Å². The van der Waals surface area contributed by atoms with E-state index in [-0.39, 0.29) is 24.4 Å². The van der Waals surface area contributed by atoms with Gasteiger partial charge in [-0.05, 0) is 25.7 Å². The molecule has 2 amide bonds. The van der Waals surface area contributed by atoms with E-state index in [0.717, 1.165) is 6.54 Å². The zero-order valence-corrected chi connectivity index (χ0v) is 9.16. The van der Waals surface area contributed by atoms with Crippen LogP contribution in [0, 0.1) is 5.92 Å². The van der Waals surface area contributed by atoms with Crippen molar-refractivity contribution < 1.29 is 9.59 Å². The maximum atomic E-state index is 11.6. The van der Waals surface area contributed by atoms with Gasteiger partial charge in [-0.3, -0.25) is 9.59 Å². The Morgan fingerprint density at radius 1 is 1.33 bits per heavy atom. The lowest BCUT2D eigenvalue weighted by atomic mass is 10.1. The Balaban J connectivity index is 1.97. The van der Waals surface area contributed by atoms with Crippen molar-refractivity contribution in [3.8, 4) is 0 Å². The van der Waals surface area contributed by atoms with Gasteiger partial charge in [0.1, 0.15) is 6.04 Å². The smallest absolute Gasteiger partial charge is 0.242 e. The largest absolute Gasteiger partial charge is 0.345 e. The number of hydrogen-bond acceptors (Lipinski definition) is 2. The predicted molar refractivity (Wildman–Crippen MR) is 56.1 cm³/mol. The van der Waals surface area contributed by atoms with E-state index < -0.39 is 0 Å². The molecule has 0 radical (unpaired) electrons. The molecule has 84 valence electrons. The molecule has 4 heteroatoms. The van der Waals surface area contributed by atoms with Crippen LogP contribution in [0.2, 0.25) is 0 Å². The second-order valence-corrected chi connectivity index (χ2v) is 4.59. The molecule has 0 aromatic rings. The topological polar surface area (TPSA) is 49.4 Å². The summed E-state index contributed by atoms with van der Waals surface area (Å²) < 4.78 is 0. The molecule has 0 spiro atoms. The molecule has 2 rings (SSSR count). The molecule has 0 aromatic carbocycles. The molecule has 1 saturated carbocycles. The minimum atomic E-state index is -0.285. The highest BCUT2D eigenvalue weighted by molar-refractivity contribution is 5.94. The maximum absolute atomic E-state index is 11.6. The van der Waals surface area contributed by atoms with Gasteiger partial charge in [-0.1, -0.05) is 12.8 Å². The van der Waals surface area contributed by atoms with Gasteiger partial charge >= 0.3 is 0 Å². The molecule has 2 aliphatic rings. The summed E-state index contributed by atoms with van der Waals surface area (Å²) in [5.74, 6) is 0.656. The van der Waals surface area contributed by atoms with Gasteiger partial charge in [-0.2, -0.15) is 0 Å². The molecule has 1 aliphatic heterocycles. The van der Waals surface area contributed by atoms with Gasteiger partial charge < -0.3 is 10.2 Å². The summed E-state index contributed by atoms with van der Waals surface area (Å²) in [4.78, 5) is 24.8. The van der Waals surface area contributed by atoms with Crippen LogP contribution >= 0.6 is 0 Å². The monoisotopic (exact) mass is 210 g/mol. The number of rotatable bonds is 2. The third-order valence-electron chi connectivity index (χ3n) is 3.51. The van der Waals surface area contributed by atoms with Crippen LogP contribution in [-0.4, -0.2) is 35.8 Å². The molecule has 1 unspecified atom stereocenters. The average molecular weight is 210 g/mol. The fourth-order valence-corrected chi connectivity index (χ4v) is 2.50. The predicted octanol–water partition coefficient (Wildman–Crippen LogP) is 0.523. The van der Waals surface area contributed by atoms with Crippen LogP contribution in [0.1, 0.15) is 32.6 Å². The molecular weight excluding hydrogens is 192 g/mol. The summed E-state index contributed by atoms with van der Waals surface area (Å²) >= 11 is 0. The van der Waals surface area contributed by atoms with Crippen molar-refractivity contribution in [2.45, 2.75) is 38.6 Å². The molecule has 1 heterocycles. The van der Waals surface area contributed by atoms with Gasteiger partial charge in [-0.15, -0.1) is 0 Å². The SMILES string of the molecule is CC1C(=O)NCC(=O)N1CC1CCCC1. The van der Waals surface area contributed by atoms with E-state index in [1.54, 1.807) is 11.8 Å². The molecule has 15 heavy (non-hydrogen) atoms. The molecule has 4 nitrogen and oxygen atoms in total. The lowest BCUT2D eigenvalue weighted by molar-refractivity contribution is -0.145. The molecule has 1 atom stereocenters. The first-order valence-electron chi connectivity index (χ1n) is 5.75. The summed E-state index contributed by atoms with van der Waals surface area (Å²) in [6.45, 7) is 2.75. The highest BCUT2D eigenvalue weighted by Gasteiger charge is 2.32. The van der Waals surface area contributed by atoms with Crippen molar-refractivity contribution in [2.75, 3.05) is 13.1 Å². The van der Waals surface area contributed by atoms with Crippen LogP contribution in [-0.2, 0) is 9.59 Å². The second kappa shape index (κ2) is 4.21. The van der Waals surface area contributed by atoms with Crippen molar-refractivity contribution in [3.63, 3.8) is 0 Å². The summed E-state index contributed by atoms with van der Waals surface area (Å²) in [7, 11) is 0. The van der Waals surface area contributed by atoms with E-state index in [9.17, 15) is 9.59 Å². The Labute approximate surface area is 90.0 Å². The highest BCUT2D eigenvalue weighted by atomic mass is 16.2. The standard InChI is InChI=1S/C11H18N2O2/c1-8-11(15)12-6-10(14)13(8)7-9-4-2-3-5-9/h8-9H,2-7H2,1H3,(H,12,15). The van der Waals surface area contributed by atoms with Crippen molar-refractivity contribution >= 4 is 11.8 Å². The molecule has 1 saturated heterocycles. The Morgan fingerprint density at radius 2 is 2.00 bits per heavy atom. The van der Waals surface area contributed by atoms with E-state index in [1.165, 1.54) is 25.7 Å². The van der Waals surface area contributed by atoms with Crippen LogP contribution in [0.5, 0.6) is 0 Å². The van der Waals surface area contributed by atoms with Crippen molar-refractivity contribution in [1.29, 1.82) is 0 Å². The Morgan fingerprint density at radius 3 is 2.67 bits per heavy atom. The Bertz CT molecular complexity index is 272. The summed E-state index contributed by atoms with van der Waals surface area (Å²) in [5, 5.41) is 2.61. The van der Waals surface area contributed by atoms with Gasteiger partial charge in [0.2, 0.25) is 11.8 Å². The van der Waals surface area contributed by atoms with Crippen LogP contribution in [0.4, 0.5) is 0 Å².